The van der Waals surface area contributed by atoms with Crippen LogP contribution in [0.15, 0.2) is 0 Å². The van der Waals surface area contributed by atoms with Crippen molar-refractivity contribution >= 4 is 0 Å². The van der Waals surface area contributed by atoms with E-state index in [1.807, 2.05) is 0 Å². The van der Waals surface area contributed by atoms with Crippen LogP contribution in [-0.2, 0) is 4.74 Å². The molecule has 0 aromatic heterocycles. The fourth-order valence-electron chi connectivity index (χ4n) is 3.68. The van der Waals surface area contributed by atoms with Gasteiger partial charge in [0.1, 0.15) is 0 Å². The van der Waals surface area contributed by atoms with Gasteiger partial charge in [-0.05, 0) is 38.1 Å². The zero-order valence-electron chi connectivity index (χ0n) is 11.5. The predicted molar refractivity (Wildman–Crippen MR) is 71.0 cm³/mol. The van der Waals surface area contributed by atoms with Crippen LogP contribution >= 0.6 is 0 Å². The Morgan fingerprint density at radius 1 is 1.24 bits per heavy atom. The van der Waals surface area contributed by atoms with Gasteiger partial charge in [-0.3, -0.25) is 4.90 Å². The first-order chi connectivity index (χ1) is 8.19. The van der Waals surface area contributed by atoms with E-state index in [1.165, 1.54) is 45.2 Å². The van der Waals surface area contributed by atoms with Gasteiger partial charge in [0.2, 0.25) is 0 Å². The van der Waals surface area contributed by atoms with E-state index in [9.17, 15) is 0 Å². The highest BCUT2D eigenvalue weighted by molar-refractivity contribution is 4.93. The minimum Gasteiger partial charge on any atom is -0.383 e. The van der Waals surface area contributed by atoms with Crippen LogP contribution in [0, 0.1) is 11.8 Å². The highest BCUT2D eigenvalue weighted by Gasteiger charge is 2.38. The monoisotopic (exact) mass is 240 g/mol. The number of rotatable bonds is 4. The molecular formula is C14H28N2O. The Balaban J connectivity index is 1.98. The zero-order valence-corrected chi connectivity index (χ0v) is 11.5. The van der Waals surface area contributed by atoms with Crippen LogP contribution in [0.2, 0.25) is 0 Å². The topological polar surface area (TPSA) is 38.5 Å². The Morgan fingerprint density at radius 3 is 2.59 bits per heavy atom. The summed E-state index contributed by atoms with van der Waals surface area (Å²) in [5, 5.41) is 0. The van der Waals surface area contributed by atoms with E-state index in [-0.39, 0.29) is 5.54 Å². The second-order valence-electron chi connectivity index (χ2n) is 6.17. The summed E-state index contributed by atoms with van der Waals surface area (Å²) in [4.78, 5) is 2.59. The molecule has 2 fully saturated rings. The minimum atomic E-state index is 0.0389. The Hall–Kier alpha value is -0.120. The molecule has 1 heterocycles. The van der Waals surface area contributed by atoms with E-state index in [0.717, 1.165) is 18.4 Å². The number of fused-ring (bicyclic) bond motifs is 1. The van der Waals surface area contributed by atoms with E-state index in [0.29, 0.717) is 6.54 Å². The summed E-state index contributed by atoms with van der Waals surface area (Å²) in [7, 11) is 1.78. The molecule has 100 valence electrons. The molecule has 2 aliphatic rings. The van der Waals surface area contributed by atoms with E-state index in [4.69, 9.17) is 10.5 Å². The third-order valence-corrected chi connectivity index (χ3v) is 4.95. The molecule has 0 spiro atoms. The van der Waals surface area contributed by atoms with Crippen LogP contribution in [0.1, 0.15) is 39.0 Å². The van der Waals surface area contributed by atoms with Gasteiger partial charge in [-0.2, -0.15) is 0 Å². The summed E-state index contributed by atoms with van der Waals surface area (Å²) in [5.74, 6) is 1.91. The van der Waals surface area contributed by atoms with Gasteiger partial charge in [0.25, 0.3) is 0 Å². The van der Waals surface area contributed by atoms with Crippen LogP contribution in [-0.4, -0.2) is 43.8 Å². The number of methoxy groups -OCH3 is 1. The summed E-state index contributed by atoms with van der Waals surface area (Å²) in [6.07, 6.45) is 7.13. The SMILES string of the molecule is COCC(C)(CN)N1CCC2CCCCC2C1. The minimum absolute atomic E-state index is 0.0389. The van der Waals surface area contributed by atoms with Crippen LogP contribution < -0.4 is 5.73 Å². The predicted octanol–water partition coefficient (Wildman–Crippen LogP) is 1.86. The van der Waals surface area contributed by atoms with Gasteiger partial charge in [-0.15, -0.1) is 0 Å². The molecule has 0 aromatic carbocycles. The lowest BCUT2D eigenvalue weighted by Crippen LogP contribution is -2.59. The lowest BCUT2D eigenvalue weighted by atomic mass is 9.74. The summed E-state index contributed by atoms with van der Waals surface area (Å²) in [6.45, 7) is 6.14. The van der Waals surface area contributed by atoms with Gasteiger partial charge in [-0.25, -0.2) is 0 Å². The molecule has 17 heavy (non-hydrogen) atoms. The smallest absolute Gasteiger partial charge is 0.0656 e. The summed E-state index contributed by atoms with van der Waals surface area (Å²) < 4.78 is 5.37. The van der Waals surface area contributed by atoms with E-state index in [2.05, 4.69) is 11.8 Å². The molecule has 3 nitrogen and oxygen atoms in total. The number of hydrogen-bond acceptors (Lipinski definition) is 3. The highest BCUT2D eigenvalue weighted by atomic mass is 16.5. The van der Waals surface area contributed by atoms with Crippen molar-refractivity contribution in [2.45, 2.75) is 44.6 Å². The largest absolute Gasteiger partial charge is 0.383 e. The Bertz CT molecular complexity index is 246. The molecule has 1 saturated carbocycles. The van der Waals surface area contributed by atoms with Gasteiger partial charge in [-0.1, -0.05) is 19.3 Å². The van der Waals surface area contributed by atoms with Crippen molar-refractivity contribution < 1.29 is 4.74 Å². The number of nitrogens with zero attached hydrogens (tertiary/aromatic N) is 1. The molecule has 3 unspecified atom stereocenters. The summed E-state index contributed by atoms with van der Waals surface area (Å²) in [6, 6.07) is 0. The van der Waals surface area contributed by atoms with Crippen molar-refractivity contribution in [2.75, 3.05) is 33.4 Å². The molecule has 2 rings (SSSR count). The Kier molecular flexibility index (Phi) is 4.45. The van der Waals surface area contributed by atoms with Crippen molar-refractivity contribution in [1.82, 2.24) is 4.90 Å². The molecule has 3 heteroatoms. The molecule has 1 aliphatic carbocycles. The first-order valence-electron chi connectivity index (χ1n) is 7.13. The van der Waals surface area contributed by atoms with E-state index < -0.39 is 0 Å². The molecular weight excluding hydrogens is 212 g/mol. The van der Waals surface area contributed by atoms with Crippen LogP contribution in [0.3, 0.4) is 0 Å². The average molecular weight is 240 g/mol. The molecule has 0 bridgehead atoms. The van der Waals surface area contributed by atoms with E-state index >= 15 is 0 Å². The van der Waals surface area contributed by atoms with Crippen molar-refractivity contribution in [1.29, 1.82) is 0 Å². The fraction of sp³-hybridized carbons (Fsp3) is 1.00. The van der Waals surface area contributed by atoms with Crippen molar-refractivity contribution in [3.63, 3.8) is 0 Å². The summed E-state index contributed by atoms with van der Waals surface area (Å²) in [5.41, 5.74) is 6.01. The average Bonchev–Trinajstić information content (AvgIpc) is 2.38. The lowest BCUT2D eigenvalue weighted by molar-refractivity contribution is -0.0225. The second-order valence-corrected chi connectivity index (χ2v) is 6.17. The quantitative estimate of drug-likeness (QED) is 0.815. The van der Waals surface area contributed by atoms with E-state index in [1.54, 1.807) is 7.11 Å². The Morgan fingerprint density at radius 2 is 1.94 bits per heavy atom. The third-order valence-electron chi connectivity index (χ3n) is 4.95. The van der Waals surface area contributed by atoms with Crippen molar-refractivity contribution in [3.8, 4) is 0 Å². The van der Waals surface area contributed by atoms with Gasteiger partial charge in [0, 0.05) is 20.2 Å². The molecule has 1 saturated heterocycles. The Labute approximate surface area is 106 Å². The maximum absolute atomic E-state index is 5.97. The van der Waals surface area contributed by atoms with Gasteiger partial charge in [0.15, 0.2) is 0 Å². The van der Waals surface area contributed by atoms with Gasteiger partial charge >= 0.3 is 0 Å². The first kappa shape index (κ1) is 13.3. The number of piperidine rings is 1. The third kappa shape index (κ3) is 2.83. The molecule has 3 atom stereocenters. The van der Waals surface area contributed by atoms with Crippen molar-refractivity contribution in [2.24, 2.45) is 17.6 Å². The zero-order chi connectivity index (χ0) is 12.3. The molecule has 0 aromatic rings. The summed E-state index contributed by atoms with van der Waals surface area (Å²) >= 11 is 0. The number of hydrogen-bond donors (Lipinski definition) is 1. The van der Waals surface area contributed by atoms with Crippen LogP contribution in [0.4, 0.5) is 0 Å². The molecule has 2 N–H and O–H groups in total. The first-order valence-corrected chi connectivity index (χ1v) is 7.13. The fourth-order valence-corrected chi connectivity index (χ4v) is 3.68. The van der Waals surface area contributed by atoms with Crippen molar-refractivity contribution in [3.05, 3.63) is 0 Å². The van der Waals surface area contributed by atoms with Crippen LogP contribution in [0.25, 0.3) is 0 Å². The normalized spacial score (nSPS) is 34.1. The van der Waals surface area contributed by atoms with Gasteiger partial charge in [0.05, 0.1) is 12.1 Å². The lowest BCUT2D eigenvalue weighted by Gasteiger charge is -2.48. The maximum Gasteiger partial charge on any atom is 0.0656 e. The molecule has 0 amide bonds. The van der Waals surface area contributed by atoms with Gasteiger partial charge < -0.3 is 10.5 Å². The second kappa shape index (κ2) is 5.68. The molecule has 1 aliphatic heterocycles. The number of ether oxygens (including phenoxy) is 1. The molecule has 0 radical (unpaired) electrons. The maximum atomic E-state index is 5.97. The number of likely N-dealkylation sites (tertiary alicyclic amines) is 1. The number of nitrogens with two attached hydrogens (primary N) is 1. The highest BCUT2D eigenvalue weighted by Crippen LogP contribution is 2.37. The van der Waals surface area contributed by atoms with Crippen LogP contribution in [0.5, 0.6) is 0 Å². The standard InChI is InChI=1S/C14H28N2O/c1-14(10-15,11-17-2)16-8-7-12-5-3-4-6-13(12)9-16/h12-13H,3-11,15H2,1-2H3.